The molecule has 1 saturated heterocycles. The quantitative estimate of drug-likeness (QED) is 0.634. The summed E-state index contributed by atoms with van der Waals surface area (Å²) in [7, 11) is -3.60. The number of ether oxygens (including phenoxy) is 1. The molecule has 2 heterocycles. The molecule has 2 aliphatic heterocycles. The van der Waals surface area contributed by atoms with Crippen molar-refractivity contribution >= 4 is 27.3 Å². The molecule has 1 fully saturated rings. The number of carbonyl (C=O) groups is 2. The number of amides is 2. The Labute approximate surface area is 192 Å². The van der Waals surface area contributed by atoms with Crippen molar-refractivity contribution in [2.75, 3.05) is 30.8 Å². The molecule has 1 unspecified atom stereocenters. The molecule has 2 amide bonds. The Bertz CT molecular complexity index is 1130. The largest absolute Gasteiger partial charge is 0.494 e. The molecule has 33 heavy (non-hydrogen) atoms. The SMILES string of the molecule is O=C1CCc2cc(S(=O)(=O)CCC(=O)N3CCC(CCOc4ccc(F)cc4)C3)ccc2N1. The number of benzene rings is 2. The molecule has 0 aliphatic carbocycles. The zero-order valence-electron chi connectivity index (χ0n) is 18.3. The number of halogens is 1. The van der Waals surface area contributed by atoms with Crippen LogP contribution in [0.1, 0.15) is 31.2 Å². The topological polar surface area (TPSA) is 92.8 Å². The molecule has 4 rings (SSSR count). The second-order valence-corrected chi connectivity index (χ2v) is 10.6. The Balaban J connectivity index is 1.24. The van der Waals surface area contributed by atoms with Gasteiger partial charge in [-0.15, -0.1) is 0 Å². The number of hydrogen-bond donors (Lipinski definition) is 1. The molecule has 0 spiro atoms. The first kappa shape index (κ1) is 23.2. The fourth-order valence-corrected chi connectivity index (χ4v) is 5.50. The maximum Gasteiger partial charge on any atom is 0.224 e. The summed E-state index contributed by atoms with van der Waals surface area (Å²) in [6.07, 6.45) is 2.39. The van der Waals surface area contributed by atoms with Crippen LogP contribution in [0.3, 0.4) is 0 Å². The summed E-state index contributed by atoms with van der Waals surface area (Å²) in [4.78, 5) is 26.0. The van der Waals surface area contributed by atoms with E-state index in [-0.39, 0.29) is 34.7 Å². The van der Waals surface area contributed by atoms with E-state index < -0.39 is 9.84 Å². The summed E-state index contributed by atoms with van der Waals surface area (Å²) >= 11 is 0. The van der Waals surface area contributed by atoms with Gasteiger partial charge in [0.2, 0.25) is 11.8 Å². The third-order valence-corrected chi connectivity index (χ3v) is 7.88. The van der Waals surface area contributed by atoms with E-state index in [9.17, 15) is 22.4 Å². The van der Waals surface area contributed by atoms with Gasteiger partial charge in [-0.2, -0.15) is 0 Å². The Morgan fingerprint density at radius 1 is 1.15 bits per heavy atom. The first-order chi connectivity index (χ1) is 15.8. The molecule has 7 nitrogen and oxygen atoms in total. The van der Waals surface area contributed by atoms with Crippen LogP contribution in [0.15, 0.2) is 47.4 Å². The number of hydrogen-bond acceptors (Lipinski definition) is 5. The van der Waals surface area contributed by atoms with Crippen molar-refractivity contribution in [3.8, 4) is 5.75 Å². The summed E-state index contributed by atoms with van der Waals surface area (Å²) in [5, 5.41) is 2.74. The zero-order chi connectivity index (χ0) is 23.4. The Morgan fingerprint density at radius 2 is 1.94 bits per heavy atom. The van der Waals surface area contributed by atoms with Crippen molar-refractivity contribution < 1.29 is 27.1 Å². The number of carbonyl (C=O) groups excluding carboxylic acids is 2. The monoisotopic (exact) mass is 474 g/mol. The molecule has 2 aliphatic rings. The van der Waals surface area contributed by atoms with E-state index in [0.29, 0.717) is 49.9 Å². The highest BCUT2D eigenvalue weighted by molar-refractivity contribution is 7.91. The summed E-state index contributed by atoms with van der Waals surface area (Å²) in [6, 6.07) is 10.6. The minimum absolute atomic E-state index is 0.0606. The van der Waals surface area contributed by atoms with Gasteiger partial charge in [0.1, 0.15) is 11.6 Å². The summed E-state index contributed by atoms with van der Waals surface area (Å²) in [5.41, 5.74) is 1.44. The smallest absolute Gasteiger partial charge is 0.224 e. The number of rotatable bonds is 8. The van der Waals surface area contributed by atoms with Crippen molar-refractivity contribution in [3.63, 3.8) is 0 Å². The third-order valence-electron chi connectivity index (χ3n) is 6.16. The fraction of sp³-hybridized carbons (Fsp3) is 0.417. The van der Waals surface area contributed by atoms with Gasteiger partial charge in [0, 0.05) is 31.6 Å². The van der Waals surface area contributed by atoms with Gasteiger partial charge < -0.3 is 15.0 Å². The molecule has 1 N–H and O–H groups in total. The number of anilines is 1. The third kappa shape index (κ3) is 5.90. The van der Waals surface area contributed by atoms with Crippen LogP contribution in [-0.2, 0) is 25.8 Å². The number of nitrogens with zero attached hydrogens (tertiary/aromatic N) is 1. The van der Waals surface area contributed by atoms with Gasteiger partial charge in [0.05, 0.1) is 17.3 Å². The number of fused-ring (bicyclic) bond motifs is 1. The lowest BCUT2D eigenvalue weighted by Crippen LogP contribution is -2.30. The van der Waals surface area contributed by atoms with Crippen molar-refractivity contribution in [2.24, 2.45) is 5.92 Å². The predicted molar refractivity (Wildman–Crippen MR) is 121 cm³/mol. The molecule has 176 valence electrons. The first-order valence-electron chi connectivity index (χ1n) is 11.1. The lowest BCUT2D eigenvalue weighted by molar-refractivity contribution is -0.129. The molecule has 2 aromatic rings. The van der Waals surface area contributed by atoms with Crippen LogP contribution in [0.2, 0.25) is 0 Å². The molecular weight excluding hydrogens is 447 g/mol. The van der Waals surface area contributed by atoms with Crippen molar-refractivity contribution in [3.05, 3.63) is 53.8 Å². The van der Waals surface area contributed by atoms with E-state index in [1.807, 2.05) is 0 Å². The lowest BCUT2D eigenvalue weighted by Gasteiger charge is -2.18. The van der Waals surface area contributed by atoms with Gasteiger partial charge in [-0.1, -0.05) is 0 Å². The molecule has 9 heteroatoms. The molecule has 0 aromatic heterocycles. The van der Waals surface area contributed by atoms with E-state index in [1.165, 1.54) is 18.2 Å². The second kappa shape index (κ2) is 9.91. The number of aryl methyl sites for hydroxylation is 1. The summed E-state index contributed by atoms with van der Waals surface area (Å²) < 4.78 is 44.1. The standard InChI is InChI=1S/C24H27FN2O5S/c25-19-2-4-20(5-3-19)32-13-10-17-9-12-27(16-17)24(29)11-14-33(30,31)21-6-7-22-18(15-21)1-8-23(28)26-22/h2-7,15,17H,1,8-14,16H2,(H,26,28). The number of likely N-dealkylation sites (tertiary alicyclic amines) is 1. The molecule has 1 atom stereocenters. The van der Waals surface area contributed by atoms with Crippen LogP contribution in [-0.4, -0.2) is 50.6 Å². The van der Waals surface area contributed by atoms with E-state index in [2.05, 4.69) is 5.32 Å². The van der Waals surface area contributed by atoms with E-state index in [0.717, 1.165) is 18.4 Å². The van der Waals surface area contributed by atoms with Crippen molar-refractivity contribution in [2.45, 2.75) is 37.0 Å². The van der Waals surface area contributed by atoms with Gasteiger partial charge in [-0.05, 0) is 73.2 Å². The normalized spacial score (nSPS) is 18.0. The molecule has 2 aromatic carbocycles. The second-order valence-electron chi connectivity index (χ2n) is 8.52. The molecule has 0 radical (unpaired) electrons. The highest BCUT2D eigenvalue weighted by Crippen LogP contribution is 2.27. The van der Waals surface area contributed by atoms with Crippen LogP contribution >= 0.6 is 0 Å². The summed E-state index contributed by atoms with van der Waals surface area (Å²) in [5.74, 6) is 0.111. The number of sulfone groups is 1. The average molecular weight is 475 g/mol. The molecular formula is C24H27FN2O5S. The minimum atomic E-state index is -3.60. The van der Waals surface area contributed by atoms with E-state index >= 15 is 0 Å². The van der Waals surface area contributed by atoms with Crippen LogP contribution in [0, 0.1) is 11.7 Å². The first-order valence-corrected chi connectivity index (χ1v) is 12.8. The van der Waals surface area contributed by atoms with Crippen LogP contribution in [0.4, 0.5) is 10.1 Å². The lowest BCUT2D eigenvalue weighted by atomic mass is 10.0. The van der Waals surface area contributed by atoms with E-state index in [4.69, 9.17) is 4.74 Å². The molecule has 0 bridgehead atoms. The zero-order valence-corrected chi connectivity index (χ0v) is 19.1. The van der Waals surface area contributed by atoms with Gasteiger partial charge in [0.25, 0.3) is 0 Å². The van der Waals surface area contributed by atoms with Crippen LogP contribution < -0.4 is 10.1 Å². The van der Waals surface area contributed by atoms with Crippen LogP contribution in [0.5, 0.6) is 5.75 Å². The highest BCUT2D eigenvalue weighted by Gasteiger charge is 2.28. The van der Waals surface area contributed by atoms with Crippen LogP contribution in [0.25, 0.3) is 0 Å². The van der Waals surface area contributed by atoms with Gasteiger partial charge in [-0.3, -0.25) is 9.59 Å². The fourth-order valence-electron chi connectivity index (χ4n) is 4.22. The average Bonchev–Trinajstić information content (AvgIpc) is 3.27. The molecule has 0 saturated carbocycles. The Morgan fingerprint density at radius 3 is 2.73 bits per heavy atom. The maximum atomic E-state index is 12.9. The maximum absolute atomic E-state index is 12.9. The van der Waals surface area contributed by atoms with Gasteiger partial charge in [-0.25, -0.2) is 12.8 Å². The van der Waals surface area contributed by atoms with Crippen molar-refractivity contribution in [1.82, 2.24) is 4.90 Å². The van der Waals surface area contributed by atoms with Crippen molar-refractivity contribution in [1.29, 1.82) is 0 Å². The van der Waals surface area contributed by atoms with E-state index in [1.54, 1.807) is 29.2 Å². The number of nitrogens with one attached hydrogen (secondary N) is 1. The van der Waals surface area contributed by atoms with Gasteiger partial charge in [0.15, 0.2) is 9.84 Å². The minimum Gasteiger partial charge on any atom is -0.494 e. The Hall–Kier alpha value is -2.94. The predicted octanol–water partition coefficient (Wildman–Crippen LogP) is 3.19. The summed E-state index contributed by atoms with van der Waals surface area (Å²) in [6.45, 7) is 1.67. The van der Waals surface area contributed by atoms with Gasteiger partial charge >= 0.3 is 0 Å². The highest BCUT2D eigenvalue weighted by atomic mass is 32.2. The Kier molecular flexibility index (Phi) is 6.97.